The minimum absolute atomic E-state index is 0. The van der Waals surface area contributed by atoms with E-state index in [0.717, 1.165) is 5.56 Å². The Morgan fingerprint density at radius 1 is 1.11 bits per heavy atom. The van der Waals surface area contributed by atoms with Crippen LogP contribution in [0, 0.1) is 0 Å². The number of benzene rings is 2. The van der Waals surface area contributed by atoms with Crippen LogP contribution >= 0.6 is 24.0 Å². The lowest BCUT2D eigenvalue weighted by Crippen LogP contribution is -2.28. The number of carbonyl (C=O) groups excluding carboxylic acids is 2. The predicted molar refractivity (Wildman–Crippen MR) is 113 cm³/mol. The lowest BCUT2D eigenvalue weighted by atomic mass is 10.1. The first kappa shape index (κ1) is 22.8. The van der Waals surface area contributed by atoms with Crippen LogP contribution in [0.4, 0.5) is 16.2 Å². The lowest BCUT2D eigenvalue weighted by Gasteiger charge is -2.11. The zero-order valence-corrected chi connectivity index (χ0v) is 16.6. The second-order valence-electron chi connectivity index (χ2n) is 6.05. The standard InChI is InChI=1S/C19H23ClN4O2.ClH/c1-13(21)9-10-18(25)23-15-6-4-5-14(11-15)12-22-19(26)24-17-8-3-2-7-16(17)20;/h2-8,11,13H,9-10,12,21H2,1H3,(H,23,25)(H2,22,24,26);1H. The van der Waals surface area contributed by atoms with Crippen molar-refractivity contribution in [2.45, 2.75) is 32.4 Å². The Labute approximate surface area is 170 Å². The lowest BCUT2D eigenvalue weighted by molar-refractivity contribution is -0.116. The molecule has 0 saturated carbocycles. The fraction of sp³-hybridized carbons (Fsp3) is 0.263. The van der Waals surface area contributed by atoms with E-state index in [0.29, 0.717) is 35.8 Å². The molecular formula is C19H24Cl2N4O2. The van der Waals surface area contributed by atoms with E-state index in [1.165, 1.54) is 0 Å². The van der Waals surface area contributed by atoms with Gasteiger partial charge in [0.25, 0.3) is 0 Å². The van der Waals surface area contributed by atoms with E-state index in [2.05, 4.69) is 16.0 Å². The van der Waals surface area contributed by atoms with E-state index < -0.39 is 0 Å². The summed E-state index contributed by atoms with van der Waals surface area (Å²) in [6.07, 6.45) is 1.01. The van der Waals surface area contributed by atoms with Crippen molar-refractivity contribution in [1.82, 2.24) is 5.32 Å². The van der Waals surface area contributed by atoms with Crippen LogP contribution in [0.15, 0.2) is 48.5 Å². The molecule has 2 aromatic carbocycles. The van der Waals surface area contributed by atoms with Crippen LogP contribution in [-0.4, -0.2) is 18.0 Å². The number of amides is 3. The van der Waals surface area contributed by atoms with Crippen molar-refractivity contribution in [1.29, 1.82) is 0 Å². The molecule has 2 aromatic rings. The molecule has 0 aliphatic carbocycles. The van der Waals surface area contributed by atoms with Gasteiger partial charge >= 0.3 is 6.03 Å². The third kappa shape index (κ3) is 8.30. The Morgan fingerprint density at radius 3 is 2.56 bits per heavy atom. The van der Waals surface area contributed by atoms with E-state index in [1.54, 1.807) is 30.3 Å². The number of hydrogen-bond donors (Lipinski definition) is 4. The number of nitrogens with two attached hydrogens (primary N) is 1. The summed E-state index contributed by atoms with van der Waals surface area (Å²) in [5.74, 6) is -0.0797. The molecule has 27 heavy (non-hydrogen) atoms. The van der Waals surface area contributed by atoms with Gasteiger partial charge in [-0.1, -0.05) is 35.9 Å². The highest BCUT2D eigenvalue weighted by Crippen LogP contribution is 2.20. The Hall–Kier alpha value is -2.28. The molecule has 0 heterocycles. The topological polar surface area (TPSA) is 96.2 Å². The molecule has 1 unspecified atom stereocenters. The number of para-hydroxylation sites is 1. The van der Waals surface area contributed by atoms with Gasteiger partial charge in [-0.15, -0.1) is 12.4 Å². The Kier molecular flexibility index (Phi) is 9.64. The highest BCUT2D eigenvalue weighted by Gasteiger charge is 2.07. The summed E-state index contributed by atoms with van der Waals surface area (Å²) in [4.78, 5) is 23.9. The molecule has 6 nitrogen and oxygen atoms in total. The third-order valence-electron chi connectivity index (χ3n) is 3.61. The van der Waals surface area contributed by atoms with Crippen molar-refractivity contribution < 1.29 is 9.59 Å². The van der Waals surface area contributed by atoms with Crippen LogP contribution in [0.3, 0.4) is 0 Å². The fourth-order valence-corrected chi connectivity index (χ4v) is 2.44. The van der Waals surface area contributed by atoms with Crippen molar-refractivity contribution in [3.8, 4) is 0 Å². The molecule has 0 bridgehead atoms. The molecule has 0 fully saturated rings. The summed E-state index contributed by atoms with van der Waals surface area (Å²) in [6.45, 7) is 2.19. The van der Waals surface area contributed by atoms with Gasteiger partial charge in [-0.3, -0.25) is 4.79 Å². The van der Waals surface area contributed by atoms with Gasteiger partial charge in [-0.05, 0) is 43.2 Å². The average molecular weight is 411 g/mol. The first-order valence-corrected chi connectivity index (χ1v) is 8.75. The van der Waals surface area contributed by atoms with Gasteiger partial charge in [-0.25, -0.2) is 4.79 Å². The average Bonchev–Trinajstić information content (AvgIpc) is 2.60. The minimum Gasteiger partial charge on any atom is -0.334 e. The summed E-state index contributed by atoms with van der Waals surface area (Å²) >= 11 is 6.01. The van der Waals surface area contributed by atoms with Crippen LogP contribution < -0.4 is 21.7 Å². The van der Waals surface area contributed by atoms with Crippen molar-refractivity contribution in [2.75, 3.05) is 10.6 Å². The van der Waals surface area contributed by atoms with Gasteiger partial charge < -0.3 is 21.7 Å². The van der Waals surface area contributed by atoms with E-state index in [-0.39, 0.29) is 30.4 Å². The maximum atomic E-state index is 12.0. The summed E-state index contributed by atoms with van der Waals surface area (Å²) < 4.78 is 0. The molecular weight excluding hydrogens is 387 g/mol. The van der Waals surface area contributed by atoms with Gasteiger partial charge in [0.05, 0.1) is 10.7 Å². The number of urea groups is 1. The second-order valence-corrected chi connectivity index (χ2v) is 6.46. The Bertz CT molecular complexity index is 769. The maximum Gasteiger partial charge on any atom is 0.319 e. The highest BCUT2D eigenvalue weighted by atomic mass is 35.5. The molecule has 2 rings (SSSR count). The van der Waals surface area contributed by atoms with E-state index in [9.17, 15) is 9.59 Å². The first-order valence-electron chi connectivity index (χ1n) is 8.38. The quantitative estimate of drug-likeness (QED) is 0.551. The van der Waals surface area contributed by atoms with Crippen LogP contribution in [0.25, 0.3) is 0 Å². The van der Waals surface area contributed by atoms with Crippen molar-refractivity contribution in [3.63, 3.8) is 0 Å². The molecule has 5 N–H and O–H groups in total. The first-order chi connectivity index (χ1) is 12.4. The third-order valence-corrected chi connectivity index (χ3v) is 3.94. The molecule has 3 amide bonds. The molecule has 0 saturated heterocycles. The second kappa shape index (κ2) is 11.4. The van der Waals surface area contributed by atoms with Crippen molar-refractivity contribution >= 4 is 47.3 Å². The zero-order valence-electron chi connectivity index (χ0n) is 15.0. The minimum atomic E-state index is -0.357. The highest BCUT2D eigenvalue weighted by molar-refractivity contribution is 6.33. The van der Waals surface area contributed by atoms with Crippen LogP contribution in [-0.2, 0) is 11.3 Å². The molecule has 0 aliphatic heterocycles. The number of rotatable bonds is 7. The van der Waals surface area contributed by atoms with E-state index in [1.807, 2.05) is 25.1 Å². The predicted octanol–water partition coefficient (Wildman–Crippen LogP) is 4.15. The number of halogens is 2. The largest absolute Gasteiger partial charge is 0.334 e. The molecule has 146 valence electrons. The van der Waals surface area contributed by atoms with Gasteiger partial charge in [0.1, 0.15) is 0 Å². The summed E-state index contributed by atoms with van der Waals surface area (Å²) in [5, 5.41) is 8.75. The SMILES string of the molecule is CC(N)CCC(=O)Nc1cccc(CNC(=O)Nc2ccccc2Cl)c1.Cl. The fourth-order valence-electron chi connectivity index (χ4n) is 2.25. The summed E-state index contributed by atoms with van der Waals surface area (Å²) in [5.41, 5.74) is 7.75. The van der Waals surface area contributed by atoms with Crippen molar-refractivity contribution in [2.24, 2.45) is 5.73 Å². The maximum absolute atomic E-state index is 12.0. The van der Waals surface area contributed by atoms with Gasteiger partial charge in [0.15, 0.2) is 0 Å². The molecule has 0 spiro atoms. The van der Waals surface area contributed by atoms with E-state index in [4.69, 9.17) is 17.3 Å². The zero-order chi connectivity index (χ0) is 18.9. The monoisotopic (exact) mass is 410 g/mol. The molecule has 0 aliphatic rings. The van der Waals surface area contributed by atoms with Gasteiger partial charge in [0.2, 0.25) is 5.91 Å². The molecule has 0 aromatic heterocycles. The van der Waals surface area contributed by atoms with Crippen LogP contribution in [0.1, 0.15) is 25.3 Å². The summed E-state index contributed by atoms with van der Waals surface area (Å²) in [7, 11) is 0. The Morgan fingerprint density at radius 2 is 1.85 bits per heavy atom. The molecule has 1 atom stereocenters. The molecule has 8 heteroatoms. The number of nitrogens with one attached hydrogen (secondary N) is 3. The molecule has 0 radical (unpaired) electrons. The summed E-state index contributed by atoms with van der Waals surface area (Å²) in [6, 6.07) is 14.0. The Balaban J connectivity index is 0.00000364. The number of hydrogen-bond acceptors (Lipinski definition) is 3. The van der Waals surface area contributed by atoms with Crippen molar-refractivity contribution in [3.05, 3.63) is 59.1 Å². The van der Waals surface area contributed by atoms with Gasteiger partial charge in [0, 0.05) is 24.7 Å². The normalized spacial score (nSPS) is 11.1. The van der Waals surface area contributed by atoms with E-state index >= 15 is 0 Å². The van der Waals surface area contributed by atoms with Crippen LogP contribution in [0.2, 0.25) is 5.02 Å². The smallest absolute Gasteiger partial charge is 0.319 e. The number of anilines is 2. The van der Waals surface area contributed by atoms with Gasteiger partial charge in [-0.2, -0.15) is 0 Å². The van der Waals surface area contributed by atoms with Crippen LogP contribution in [0.5, 0.6) is 0 Å². The number of carbonyl (C=O) groups is 2.